The van der Waals surface area contributed by atoms with Gasteiger partial charge < -0.3 is 14.9 Å². The normalized spacial score (nSPS) is 20.1. The van der Waals surface area contributed by atoms with Crippen molar-refractivity contribution in [3.63, 3.8) is 0 Å². The largest absolute Gasteiger partial charge is 0.465 e. The molecule has 2 rings (SSSR count). The van der Waals surface area contributed by atoms with Gasteiger partial charge in [-0.2, -0.15) is 13.2 Å². The number of carboxylic acid groups (broad SMARTS) is 1. The summed E-state index contributed by atoms with van der Waals surface area (Å²) in [4.78, 5) is 17.5. The van der Waals surface area contributed by atoms with Crippen molar-refractivity contribution in [3.8, 4) is 0 Å². The van der Waals surface area contributed by atoms with Gasteiger partial charge in [-0.05, 0) is 19.1 Å². The smallest absolute Gasteiger partial charge is 0.419 e. The molecule has 0 spiro atoms. The Kier molecular flexibility index (Phi) is 3.74. The maximum atomic E-state index is 12.9. The SMILES string of the molecule is C[C@@H]1CN(c2ncccc2C(F)(F)F)CCN1C(=O)O. The number of alkyl halides is 3. The van der Waals surface area contributed by atoms with E-state index in [2.05, 4.69) is 4.98 Å². The van der Waals surface area contributed by atoms with Crippen LogP contribution >= 0.6 is 0 Å². The predicted octanol–water partition coefficient (Wildman–Crippen LogP) is 2.29. The van der Waals surface area contributed by atoms with Crippen molar-refractivity contribution in [2.45, 2.75) is 19.1 Å². The number of amides is 1. The average molecular weight is 289 g/mol. The van der Waals surface area contributed by atoms with E-state index < -0.39 is 17.8 Å². The van der Waals surface area contributed by atoms with Gasteiger partial charge in [-0.1, -0.05) is 0 Å². The summed E-state index contributed by atoms with van der Waals surface area (Å²) >= 11 is 0. The Morgan fingerprint density at radius 3 is 2.70 bits per heavy atom. The van der Waals surface area contributed by atoms with Crippen LogP contribution in [-0.2, 0) is 6.18 Å². The second kappa shape index (κ2) is 5.18. The minimum Gasteiger partial charge on any atom is -0.465 e. The van der Waals surface area contributed by atoms with Gasteiger partial charge in [-0.15, -0.1) is 0 Å². The number of hydrogen-bond acceptors (Lipinski definition) is 3. The molecule has 1 saturated heterocycles. The molecule has 0 aromatic carbocycles. The zero-order valence-corrected chi connectivity index (χ0v) is 10.8. The minimum atomic E-state index is -4.48. The molecule has 110 valence electrons. The number of nitrogens with zero attached hydrogens (tertiary/aromatic N) is 3. The Labute approximate surface area is 113 Å². The van der Waals surface area contributed by atoms with Crippen LogP contribution in [0.4, 0.5) is 23.8 Å². The van der Waals surface area contributed by atoms with Crippen molar-refractivity contribution in [2.75, 3.05) is 24.5 Å². The zero-order valence-electron chi connectivity index (χ0n) is 10.8. The van der Waals surface area contributed by atoms with E-state index in [0.717, 1.165) is 6.07 Å². The Morgan fingerprint density at radius 1 is 1.45 bits per heavy atom. The summed E-state index contributed by atoms with van der Waals surface area (Å²) in [5, 5.41) is 8.96. The summed E-state index contributed by atoms with van der Waals surface area (Å²) < 4.78 is 38.8. The van der Waals surface area contributed by atoms with Crippen LogP contribution < -0.4 is 4.90 Å². The van der Waals surface area contributed by atoms with Crippen molar-refractivity contribution < 1.29 is 23.1 Å². The maximum Gasteiger partial charge on any atom is 0.419 e. The van der Waals surface area contributed by atoms with Crippen LogP contribution in [0.5, 0.6) is 0 Å². The molecule has 8 heteroatoms. The van der Waals surface area contributed by atoms with Crippen LogP contribution in [-0.4, -0.2) is 46.8 Å². The maximum absolute atomic E-state index is 12.9. The second-order valence-corrected chi connectivity index (χ2v) is 4.64. The first-order chi connectivity index (χ1) is 9.30. The van der Waals surface area contributed by atoms with Gasteiger partial charge in [0, 0.05) is 31.9 Å². The number of rotatable bonds is 1. The number of aromatic nitrogens is 1. The van der Waals surface area contributed by atoms with Crippen LogP contribution in [0, 0.1) is 0 Å². The first-order valence-corrected chi connectivity index (χ1v) is 6.07. The number of piperazine rings is 1. The van der Waals surface area contributed by atoms with E-state index in [9.17, 15) is 18.0 Å². The minimum absolute atomic E-state index is 0.142. The molecule has 1 aromatic rings. The van der Waals surface area contributed by atoms with Gasteiger partial charge in [0.15, 0.2) is 0 Å². The van der Waals surface area contributed by atoms with Crippen LogP contribution in [0.2, 0.25) is 0 Å². The summed E-state index contributed by atoms with van der Waals surface area (Å²) in [6.45, 7) is 2.20. The Hall–Kier alpha value is -1.99. The molecule has 0 unspecified atom stereocenters. The van der Waals surface area contributed by atoms with Crippen molar-refractivity contribution in [3.05, 3.63) is 23.9 Å². The lowest BCUT2D eigenvalue weighted by atomic mass is 10.1. The monoisotopic (exact) mass is 289 g/mol. The van der Waals surface area contributed by atoms with E-state index in [0.29, 0.717) is 0 Å². The second-order valence-electron chi connectivity index (χ2n) is 4.64. The van der Waals surface area contributed by atoms with Crippen molar-refractivity contribution in [1.29, 1.82) is 0 Å². The fraction of sp³-hybridized carbons (Fsp3) is 0.500. The first kappa shape index (κ1) is 14.4. The lowest BCUT2D eigenvalue weighted by molar-refractivity contribution is -0.137. The van der Waals surface area contributed by atoms with Gasteiger partial charge in [-0.25, -0.2) is 9.78 Å². The third kappa shape index (κ3) is 2.78. The van der Waals surface area contributed by atoms with Crippen molar-refractivity contribution in [2.24, 2.45) is 0 Å². The summed E-state index contributed by atoms with van der Waals surface area (Å²) in [6.07, 6.45) is -4.23. The van der Waals surface area contributed by atoms with E-state index >= 15 is 0 Å². The lowest BCUT2D eigenvalue weighted by Crippen LogP contribution is -2.54. The molecule has 0 saturated carbocycles. The highest BCUT2D eigenvalue weighted by Gasteiger charge is 2.37. The number of pyridine rings is 1. The fourth-order valence-corrected chi connectivity index (χ4v) is 2.30. The van der Waals surface area contributed by atoms with Crippen molar-refractivity contribution >= 4 is 11.9 Å². The van der Waals surface area contributed by atoms with E-state index in [1.165, 1.54) is 22.1 Å². The summed E-state index contributed by atoms with van der Waals surface area (Å²) in [5.74, 6) is -0.142. The third-order valence-corrected chi connectivity index (χ3v) is 3.26. The molecule has 20 heavy (non-hydrogen) atoms. The van der Waals surface area contributed by atoms with Crippen molar-refractivity contribution in [1.82, 2.24) is 9.88 Å². The number of halogens is 3. The summed E-state index contributed by atoms with van der Waals surface area (Å²) in [6, 6.07) is 1.84. The van der Waals surface area contributed by atoms with Crippen LogP contribution in [0.25, 0.3) is 0 Å². The van der Waals surface area contributed by atoms with Gasteiger partial charge in [-0.3, -0.25) is 0 Å². The van der Waals surface area contributed by atoms with E-state index in [4.69, 9.17) is 5.11 Å². The van der Waals surface area contributed by atoms with Gasteiger partial charge in [0.25, 0.3) is 0 Å². The molecular formula is C12H14F3N3O2. The number of hydrogen-bond donors (Lipinski definition) is 1. The Bertz CT molecular complexity index is 507. The van der Waals surface area contributed by atoms with Crippen LogP contribution in [0.15, 0.2) is 18.3 Å². The summed E-state index contributed by atoms with van der Waals surface area (Å²) in [5.41, 5.74) is -0.795. The Morgan fingerprint density at radius 2 is 2.15 bits per heavy atom. The van der Waals surface area contributed by atoms with Crippen LogP contribution in [0.3, 0.4) is 0 Å². The molecule has 1 fully saturated rings. The summed E-state index contributed by atoms with van der Waals surface area (Å²) in [7, 11) is 0. The molecular weight excluding hydrogens is 275 g/mol. The molecule has 1 amide bonds. The lowest BCUT2D eigenvalue weighted by Gasteiger charge is -2.39. The van der Waals surface area contributed by atoms with E-state index in [-0.39, 0.29) is 31.5 Å². The highest BCUT2D eigenvalue weighted by Crippen LogP contribution is 2.35. The van der Waals surface area contributed by atoms with Gasteiger partial charge in [0.1, 0.15) is 5.82 Å². The quantitative estimate of drug-likeness (QED) is 0.862. The fourth-order valence-electron chi connectivity index (χ4n) is 2.30. The highest BCUT2D eigenvalue weighted by molar-refractivity contribution is 5.66. The first-order valence-electron chi connectivity index (χ1n) is 6.07. The number of anilines is 1. The van der Waals surface area contributed by atoms with Gasteiger partial charge in [0.2, 0.25) is 0 Å². The molecule has 0 aliphatic carbocycles. The Balaban J connectivity index is 2.24. The third-order valence-electron chi connectivity index (χ3n) is 3.26. The topological polar surface area (TPSA) is 56.7 Å². The zero-order chi connectivity index (χ0) is 14.9. The molecule has 2 heterocycles. The predicted molar refractivity (Wildman–Crippen MR) is 65.6 cm³/mol. The van der Waals surface area contributed by atoms with Gasteiger partial charge >= 0.3 is 12.3 Å². The molecule has 1 atom stereocenters. The molecule has 1 N–H and O–H groups in total. The van der Waals surface area contributed by atoms with Gasteiger partial charge in [0.05, 0.1) is 5.56 Å². The van der Waals surface area contributed by atoms with E-state index in [1.807, 2.05) is 0 Å². The standard InChI is InChI=1S/C12H14F3N3O2/c1-8-7-17(5-6-18(8)11(19)20)10-9(12(13,14)15)3-2-4-16-10/h2-4,8H,5-7H2,1H3,(H,19,20)/t8-/m1/s1. The average Bonchev–Trinajstić information content (AvgIpc) is 2.37. The molecule has 0 bridgehead atoms. The molecule has 0 radical (unpaired) electrons. The number of carbonyl (C=O) groups is 1. The highest BCUT2D eigenvalue weighted by atomic mass is 19.4. The van der Waals surface area contributed by atoms with E-state index in [1.54, 1.807) is 6.92 Å². The molecule has 1 aliphatic rings. The molecule has 5 nitrogen and oxygen atoms in total. The molecule has 1 aliphatic heterocycles. The molecule has 1 aromatic heterocycles. The van der Waals surface area contributed by atoms with Crippen LogP contribution in [0.1, 0.15) is 12.5 Å².